The van der Waals surface area contributed by atoms with Gasteiger partial charge in [0, 0.05) is 23.4 Å². The number of nitro benzene ring substituents is 1. The van der Waals surface area contributed by atoms with Crippen molar-refractivity contribution >= 4 is 56.2 Å². The third-order valence-corrected chi connectivity index (χ3v) is 6.16. The van der Waals surface area contributed by atoms with Crippen LogP contribution in [0.2, 0.25) is 10.0 Å². The monoisotopic (exact) mass is 465 g/mol. The lowest BCUT2D eigenvalue weighted by Gasteiger charge is -2.11. The Hall–Kier alpha value is -3.14. The lowest BCUT2D eigenvalue weighted by atomic mass is 10.2. The number of rotatable bonds is 6. The van der Waals surface area contributed by atoms with Gasteiger partial charge in [0.15, 0.2) is 0 Å². The topological polar surface area (TPSA) is 118 Å². The number of nitrogens with one attached hydrogen (secondary N) is 2. The molecule has 0 atom stereocenters. The quantitative estimate of drug-likeness (QED) is 0.394. The Labute approximate surface area is 181 Å². The highest BCUT2D eigenvalue weighted by molar-refractivity contribution is 7.92. The van der Waals surface area contributed by atoms with Gasteiger partial charge in [-0.3, -0.25) is 19.6 Å². The number of hydrogen-bond donors (Lipinski definition) is 2. The zero-order valence-corrected chi connectivity index (χ0v) is 17.3. The van der Waals surface area contributed by atoms with Gasteiger partial charge in [0.1, 0.15) is 0 Å². The van der Waals surface area contributed by atoms with E-state index in [1.807, 2.05) is 0 Å². The average molecular weight is 466 g/mol. The molecule has 3 aromatic carbocycles. The standard InChI is InChI=1S/C19H13Cl2N3O5S/c20-16-2-1-3-17(18(16)21)23-30(28,29)15-10-6-13(7-11-15)22-19(25)12-4-8-14(9-5-12)24(26)27/h1-11,23H,(H,22,25). The highest BCUT2D eigenvalue weighted by Gasteiger charge is 2.17. The molecule has 1 amide bonds. The summed E-state index contributed by atoms with van der Waals surface area (Å²) >= 11 is 11.9. The fourth-order valence-electron chi connectivity index (χ4n) is 2.44. The maximum atomic E-state index is 12.6. The van der Waals surface area contributed by atoms with Crippen molar-refractivity contribution in [3.05, 3.63) is 92.5 Å². The Morgan fingerprint density at radius 1 is 0.933 bits per heavy atom. The second-order valence-electron chi connectivity index (χ2n) is 5.99. The fourth-order valence-corrected chi connectivity index (χ4v) is 3.92. The summed E-state index contributed by atoms with van der Waals surface area (Å²) in [5.41, 5.74) is 0.570. The second kappa shape index (κ2) is 8.70. The molecule has 154 valence electrons. The first-order valence-electron chi connectivity index (χ1n) is 8.30. The van der Waals surface area contributed by atoms with E-state index in [1.54, 1.807) is 6.07 Å². The molecule has 0 aliphatic heterocycles. The minimum atomic E-state index is -3.93. The summed E-state index contributed by atoms with van der Waals surface area (Å²) < 4.78 is 27.5. The van der Waals surface area contributed by atoms with Crippen molar-refractivity contribution in [2.75, 3.05) is 10.0 Å². The normalized spacial score (nSPS) is 11.0. The van der Waals surface area contributed by atoms with Crippen LogP contribution in [0.25, 0.3) is 0 Å². The number of halogens is 2. The molecular formula is C19H13Cl2N3O5S. The zero-order chi connectivity index (χ0) is 21.9. The van der Waals surface area contributed by atoms with Gasteiger partial charge in [-0.2, -0.15) is 0 Å². The number of non-ortho nitro benzene ring substituents is 1. The van der Waals surface area contributed by atoms with Crippen LogP contribution in [0.5, 0.6) is 0 Å². The number of anilines is 2. The van der Waals surface area contributed by atoms with E-state index in [0.29, 0.717) is 5.69 Å². The molecule has 0 unspecified atom stereocenters. The number of nitrogens with zero attached hydrogens (tertiary/aromatic N) is 1. The van der Waals surface area contributed by atoms with Crippen LogP contribution >= 0.6 is 23.2 Å². The summed E-state index contributed by atoms with van der Waals surface area (Å²) in [6.45, 7) is 0. The summed E-state index contributed by atoms with van der Waals surface area (Å²) in [6, 6.07) is 15.1. The van der Waals surface area contributed by atoms with Crippen LogP contribution < -0.4 is 10.0 Å². The first-order valence-corrected chi connectivity index (χ1v) is 10.5. The van der Waals surface area contributed by atoms with E-state index in [2.05, 4.69) is 10.0 Å². The molecule has 0 aliphatic carbocycles. The Balaban J connectivity index is 1.73. The lowest BCUT2D eigenvalue weighted by molar-refractivity contribution is -0.384. The van der Waals surface area contributed by atoms with Gasteiger partial charge in [0.05, 0.1) is 25.6 Å². The third-order valence-electron chi connectivity index (χ3n) is 3.96. The van der Waals surface area contributed by atoms with Crippen molar-refractivity contribution in [3.63, 3.8) is 0 Å². The molecule has 3 aromatic rings. The zero-order valence-electron chi connectivity index (χ0n) is 15.0. The van der Waals surface area contributed by atoms with Gasteiger partial charge in [-0.25, -0.2) is 8.42 Å². The summed E-state index contributed by atoms with van der Waals surface area (Å²) in [4.78, 5) is 22.3. The first-order chi connectivity index (χ1) is 14.2. The maximum absolute atomic E-state index is 12.6. The Kier molecular flexibility index (Phi) is 6.25. The molecule has 30 heavy (non-hydrogen) atoms. The van der Waals surface area contributed by atoms with E-state index in [1.165, 1.54) is 60.7 Å². The minimum absolute atomic E-state index is 0.0492. The van der Waals surface area contributed by atoms with E-state index in [4.69, 9.17) is 23.2 Å². The van der Waals surface area contributed by atoms with E-state index in [0.717, 1.165) is 0 Å². The molecule has 0 saturated carbocycles. The van der Waals surface area contributed by atoms with Crippen molar-refractivity contribution in [2.45, 2.75) is 4.90 Å². The summed E-state index contributed by atoms with van der Waals surface area (Å²) in [5, 5.41) is 13.6. The number of sulfonamides is 1. The Bertz CT molecular complexity index is 1210. The largest absolute Gasteiger partial charge is 0.322 e. The number of carbonyl (C=O) groups is 1. The summed E-state index contributed by atoms with van der Waals surface area (Å²) in [6.07, 6.45) is 0. The maximum Gasteiger partial charge on any atom is 0.269 e. The van der Waals surface area contributed by atoms with Crippen molar-refractivity contribution in [1.29, 1.82) is 0 Å². The van der Waals surface area contributed by atoms with Crippen LogP contribution in [0, 0.1) is 10.1 Å². The van der Waals surface area contributed by atoms with Gasteiger partial charge in [-0.15, -0.1) is 0 Å². The predicted molar refractivity (Wildman–Crippen MR) is 115 cm³/mol. The van der Waals surface area contributed by atoms with Crippen molar-refractivity contribution in [2.24, 2.45) is 0 Å². The van der Waals surface area contributed by atoms with E-state index < -0.39 is 20.9 Å². The third kappa shape index (κ3) is 4.88. The highest BCUT2D eigenvalue weighted by Crippen LogP contribution is 2.31. The molecule has 0 saturated heterocycles. The van der Waals surface area contributed by atoms with E-state index >= 15 is 0 Å². The SMILES string of the molecule is O=C(Nc1ccc(S(=O)(=O)Nc2cccc(Cl)c2Cl)cc1)c1ccc([N+](=O)[O-])cc1. The molecule has 0 heterocycles. The Morgan fingerprint density at radius 3 is 2.17 bits per heavy atom. The predicted octanol–water partition coefficient (Wildman–Crippen LogP) is 4.95. The van der Waals surface area contributed by atoms with Gasteiger partial charge in [0.2, 0.25) is 0 Å². The first kappa shape index (κ1) is 21.6. The van der Waals surface area contributed by atoms with Crippen LogP contribution in [-0.2, 0) is 10.0 Å². The van der Waals surface area contributed by atoms with Crippen LogP contribution in [-0.4, -0.2) is 19.2 Å². The van der Waals surface area contributed by atoms with Gasteiger partial charge < -0.3 is 5.32 Å². The van der Waals surface area contributed by atoms with Gasteiger partial charge in [-0.05, 0) is 48.5 Å². The summed E-state index contributed by atoms with van der Waals surface area (Å²) in [5.74, 6) is -0.496. The molecule has 8 nitrogen and oxygen atoms in total. The Morgan fingerprint density at radius 2 is 1.57 bits per heavy atom. The number of amides is 1. The van der Waals surface area contributed by atoms with Crippen LogP contribution in [0.4, 0.5) is 17.1 Å². The molecule has 11 heteroatoms. The molecule has 3 rings (SSSR count). The molecule has 0 aliphatic rings. The molecular weight excluding hydrogens is 453 g/mol. The van der Waals surface area contributed by atoms with E-state index in [-0.39, 0.29) is 31.9 Å². The molecule has 2 N–H and O–H groups in total. The van der Waals surface area contributed by atoms with Crippen LogP contribution in [0.3, 0.4) is 0 Å². The van der Waals surface area contributed by atoms with Crippen molar-refractivity contribution in [1.82, 2.24) is 0 Å². The summed E-state index contributed by atoms with van der Waals surface area (Å²) in [7, 11) is -3.93. The minimum Gasteiger partial charge on any atom is -0.322 e. The van der Waals surface area contributed by atoms with E-state index in [9.17, 15) is 23.3 Å². The van der Waals surface area contributed by atoms with Crippen molar-refractivity contribution < 1.29 is 18.1 Å². The smallest absolute Gasteiger partial charge is 0.269 e. The van der Waals surface area contributed by atoms with Gasteiger partial charge in [-0.1, -0.05) is 29.3 Å². The fraction of sp³-hybridized carbons (Fsp3) is 0. The number of benzene rings is 3. The molecule has 0 spiro atoms. The number of carbonyl (C=O) groups excluding carboxylic acids is 1. The molecule has 0 radical (unpaired) electrons. The average Bonchev–Trinajstić information content (AvgIpc) is 2.72. The number of hydrogen-bond acceptors (Lipinski definition) is 5. The second-order valence-corrected chi connectivity index (χ2v) is 8.46. The van der Waals surface area contributed by atoms with Gasteiger partial charge in [0.25, 0.3) is 21.6 Å². The molecule has 0 aromatic heterocycles. The van der Waals surface area contributed by atoms with Crippen molar-refractivity contribution in [3.8, 4) is 0 Å². The molecule has 0 fully saturated rings. The lowest BCUT2D eigenvalue weighted by Crippen LogP contribution is -2.14. The van der Waals surface area contributed by atoms with Gasteiger partial charge >= 0.3 is 0 Å². The highest BCUT2D eigenvalue weighted by atomic mass is 35.5. The number of nitro groups is 1. The van der Waals surface area contributed by atoms with Crippen LogP contribution in [0.15, 0.2) is 71.6 Å². The molecule has 0 bridgehead atoms. The van der Waals surface area contributed by atoms with Crippen LogP contribution in [0.1, 0.15) is 10.4 Å².